The topological polar surface area (TPSA) is 58.6 Å². The third-order valence-electron chi connectivity index (χ3n) is 4.53. The maximum absolute atomic E-state index is 12.3. The lowest BCUT2D eigenvalue weighted by molar-refractivity contribution is 0.00207. The predicted octanol–water partition coefficient (Wildman–Crippen LogP) is 1.18. The van der Waals surface area contributed by atoms with E-state index in [9.17, 15) is 4.79 Å². The molecule has 0 radical (unpaired) electrons. The van der Waals surface area contributed by atoms with Crippen molar-refractivity contribution in [3.63, 3.8) is 0 Å². The van der Waals surface area contributed by atoms with Gasteiger partial charge < -0.3 is 9.64 Å². The van der Waals surface area contributed by atoms with Gasteiger partial charge in [0.1, 0.15) is 0 Å². The minimum atomic E-state index is 0.0126. The highest BCUT2D eigenvalue weighted by Crippen LogP contribution is 2.25. The van der Waals surface area contributed by atoms with Crippen LogP contribution in [0.25, 0.3) is 0 Å². The van der Waals surface area contributed by atoms with Crippen molar-refractivity contribution in [2.24, 2.45) is 0 Å². The van der Waals surface area contributed by atoms with E-state index < -0.39 is 0 Å². The summed E-state index contributed by atoms with van der Waals surface area (Å²) in [5.74, 6) is 0.0126. The predicted molar refractivity (Wildman–Crippen MR) is 78.3 cm³/mol. The summed E-state index contributed by atoms with van der Waals surface area (Å²) in [6, 6.07) is 1.45. The number of carbonyl (C=O) groups is 1. The molecule has 3 heterocycles. The largest absolute Gasteiger partial charge is 0.467 e. The van der Waals surface area contributed by atoms with Crippen molar-refractivity contribution in [1.82, 2.24) is 19.8 Å². The number of ether oxygens (including phenoxy) is 1. The first kappa shape index (κ1) is 14.3. The lowest BCUT2D eigenvalue weighted by Crippen LogP contribution is -2.63. The number of amides is 1. The molecule has 2 aliphatic rings. The summed E-state index contributed by atoms with van der Waals surface area (Å²) < 4.78 is 4.90. The van der Waals surface area contributed by atoms with Gasteiger partial charge in [0.25, 0.3) is 5.91 Å². The Morgan fingerprint density at radius 1 is 1.29 bits per heavy atom. The molecule has 1 amide bonds. The number of piperidine rings is 1. The van der Waals surface area contributed by atoms with Gasteiger partial charge in [0.15, 0.2) is 0 Å². The Hall–Kier alpha value is -1.69. The monoisotopic (exact) mass is 290 g/mol. The van der Waals surface area contributed by atoms with E-state index in [1.165, 1.54) is 45.3 Å². The summed E-state index contributed by atoms with van der Waals surface area (Å²) in [4.78, 5) is 24.7. The Balaban J connectivity index is 1.56. The smallest absolute Gasteiger partial charge is 0.316 e. The van der Waals surface area contributed by atoms with Gasteiger partial charge in [-0.3, -0.25) is 9.69 Å². The van der Waals surface area contributed by atoms with E-state index in [0.29, 0.717) is 17.6 Å². The van der Waals surface area contributed by atoms with Crippen molar-refractivity contribution in [2.75, 3.05) is 26.7 Å². The molecule has 1 aromatic heterocycles. The van der Waals surface area contributed by atoms with Crippen molar-refractivity contribution < 1.29 is 9.53 Å². The Bertz CT molecular complexity index is 499. The van der Waals surface area contributed by atoms with Crippen LogP contribution >= 0.6 is 0 Å². The SMILES string of the molecule is COc1ncc(C(=O)N2CC(N3CCCCC3C)C2)cn1. The van der Waals surface area contributed by atoms with Crippen LogP contribution in [0.4, 0.5) is 0 Å². The fourth-order valence-corrected chi connectivity index (χ4v) is 3.21. The van der Waals surface area contributed by atoms with E-state index in [1.807, 2.05) is 4.90 Å². The lowest BCUT2D eigenvalue weighted by atomic mass is 9.97. The molecule has 21 heavy (non-hydrogen) atoms. The van der Waals surface area contributed by atoms with Gasteiger partial charge in [-0.05, 0) is 26.3 Å². The molecule has 1 aromatic rings. The van der Waals surface area contributed by atoms with Gasteiger partial charge in [-0.15, -0.1) is 0 Å². The van der Waals surface area contributed by atoms with Crippen LogP contribution in [0.1, 0.15) is 36.5 Å². The van der Waals surface area contributed by atoms with Crippen molar-refractivity contribution in [1.29, 1.82) is 0 Å². The molecule has 6 nitrogen and oxygen atoms in total. The van der Waals surface area contributed by atoms with Crippen LogP contribution < -0.4 is 4.74 Å². The molecular weight excluding hydrogens is 268 g/mol. The van der Waals surface area contributed by atoms with Crippen molar-refractivity contribution >= 4 is 5.91 Å². The first-order valence-electron chi connectivity index (χ1n) is 7.60. The van der Waals surface area contributed by atoms with Gasteiger partial charge in [0.05, 0.1) is 12.7 Å². The van der Waals surface area contributed by atoms with E-state index in [1.54, 1.807) is 0 Å². The summed E-state index contributed by atoms with van der Waals surface area (Å²) in [5, 5.41) is 0. The molecular formula is C15H22N4O2. The second-order valence-electron chi connectivity index (χ2n) is 5.91. The summed E-state index contributed by atoms with van der Waals surface area (Å²) in [6.07, 6.45) is 6.95. The summed E-state index contributed by atoms with van der Waals surface area (Å²) >= 11 is 0. The van der Waals surface area contributed by atoms with Crippen LogP contribution in [0.2, 0.25) is 0 Å². The number of likely N-dealkylation sites (tertiary alicyclic amines) is 2. The number of aromatic nitrogens is 2. The Kier molecular flexibility index (Phi) is 4.05. The molecule has 0 aliphatic carbocycles. The van der Waals surface area contributed by atoms with Gasteiger partial charge in [-0.25, -0.2) is 9.97 Å². The average molecular weight is 290 g/mol. The number of nitrogens with zero attached hydrogens (tertiary/aromatic N) is 4. The van der Waals surface area contributed by atoms with E-state index in [2.05, 4.69) is 21.8 Å². The minimum absolute atomic E-state index is 0.0126. The molecule has 0 N–H and O–H groups in total. The second kappa shape index (κ2) is 5.97. The molecule has 0 bridgehead atoms. The molecule has 0 aromatic carbocycles. The number of rotatable bonds is 3. The molecule has 1 unspecified atom stereocenters. The van der Waals surface area contributed by atoms with Crippen LogP contribution in [0, 0.1) is 0 Å². The number of carbonyl (C=O) groups excluding carboxylic acids is 1. The first-order chi connectivity index (χ1) is 10.2. The van der Waals surface area contributed by atoms with Crippen LogP contribution in [0.15, 0.2) is 12.4 Å². The van der Waals surface area contributed by atoms with E-state index in [-0.39, 0.29) is 11.9 Å². The zero-order chi connectivity index (χ0) is 14.8. The normalized spacial score (nSPS) is 23.7. The van der Waals surface area contributed by atoms with Gasteiger partial charge >= 0.3 is 6.01 Å². The molecule has 0 spiro atoms. The third-order valence-corrected chi connectivity index (χ3v) is 4.53. The summed E-state index contributed by atoms with van der Waals surface area (Å²) in [7, 11) is 1.51. The summed E-state index contributed by atoms with van der Waals surface area (Å²) in [6.45, 7) is 5.09. The average Bonchev–Trinajstić information content (AvgIpc) is 2.47. The fourth-order valence-electron chi connectivity index (χ4n) is 3.21. The highest BCUT2D eigenvalue weighted by Gasteiger charge is 2.37. The lowest BCUT2D eigenvalue weighted by Gasteiger charge is -2.49. The third kappa shape index (κ3) is 2.85. The molecule has 3 rings (SSSR count). The Morgan fingerprint density at radius 3 is 2.62 bits per heavy atom. The zero-order valence-electron chi connectivity index (χ0n) is 12.7. The molecule has 114 valence electrons. The minimum Gasteiger partial charge on any atom is -0.467 e. The molecule has 1 atom stereocenters. The first-order valence-corrected chi connectivity index (χ1v) is 7.60. The highest BCUT2D eigenvalue weighted by molar-refractivity contribution is 5.94. The van der Waals surface area contributed by atoms with Gasteiger partial charge in [-0.2, -0.15) is 0 Å². The number of hydrogen-bond acceptors (Lipinski definition) is 5. The quantitative estimate of drug-likeness (QED) is 0.837. The second-order valence-corrected chi connectivity index (χ2v) is 5.91. The van der Waals surface area contributed by atoms with Crippen LogP contribution in [0.3, 0.4) is 0 Å². The number of hydrogen-bond donors (Lipinski definition) is 0. The van der Waals surface area contributed by atoms with Crippen LogP contribution in [0.5, 0.6) is 6.01 Å². The highest BCUT2D eigenvalue weighted by atomic mass is 16.5. The molecule has 0 saturated carbocycles. The van der Waals surface area contributed by atoms with Crippen molar-refractivity contribution in [3.05, 3.63) is 18.0 Å². The van der Waals surface area contributed by atoms with E-state index >= 15 is 0 Å². The zero-order valence-corrected chi connectivity index (χ0v) is 12.7. The summed E-state index contributed by atoms with van der Waals surface area (Å²) in [5.41, 5.74) is 0.529. The number of methoxy groups -OCH3 is 1. The molecule has 2 saturated heterocycles. The fraction of sp³-hybridized carbons (Fsp3) is 0.667. The van der Waals surface area contributed by atoms with Crippen molar-refractivity contribution in [2.45, 2.75) is 38.3 Å². The van der Waals surface area contributed by atoms with Gasteiger partial charge in [0, 0.05) is 37.6 Å². The van der Waals surface area contributed by atoms with E-state index in [4.69, 9.17) is 4.74 Å². The van der Waals surface area contributed by atoms with Crippen LogP contribution in [-0.2, 0) is 0 Å². The Labute approximate surface area is 125 Å². The van der Waals surface area contributed by atoms with Gasteiger partial charge in [0.2, 0.25) is 0 Å². The molecule has 6 heteroatoms. The molecule has 2 fully saturated rings. The maximum Gasteiger partial charge on any atom is 0.316 e. The van der Waals surface area contributed by atoms with Crippen molar-refractivity contribution in [3.8, 4) is 6.01 Å². The van der Waals surface area contributed by atoms with E-state index in [0.717, 1.165) is 13.1 Å². The van der Waals surface area contributed by atoms with Gasteiger partial charge in [-0.1, -0.05) is 6.42 Å². The molecule has 2 aliphatic heterocycles. The maximum atomic E-state index is 12.3. The standard InChI is InChI=1S/C15H22N4O2/c1-11-5-3-4-6-19(11)13-9-18(10-13)14(20)12-7-16-15(21-2)17-8-12/h7-8,11,13H,3-6,9-10H2,1-2H3. The van der Waals surface area contributed by atoms with Crippen LogP contribution in [-0.4, -0.2) is 64.5 Å². The Morgan fingerprint density at radius 2 is 2.00 bits per heavy atom.